The molecule has 0 saturated heterocycles. The van der Waals surface area contributed by atoms with Crippen LogP contribution in [-0.4, -0.2) is 16.9 Å². The largest absolute Gasteiger partial charge is 0.497 e. The van der Waals surface area contributed by atoms with Crippen molar-refractivity contribution in [2.75, 3.05) is 7.11 Å². The second-order valence-corrected chi connectivity index (χ2v) is 6.31. The average molecular weight is 271 g/mol. The van der Waals surface area contributed by atoms with Crippen LogP contribution in [0, 0.1) is 5.41 Å². The summed E-state index contributed by atoms with van der Waals surface area (Å²) in [7, 11) is 1.67. The quantitative estimate of drug-likeness (QED) is 0.913. The van der Waals surface area contributed by atoms with E-state index in [1.165, 1.54) is 11.3 Å². The maximum absolute atomic E-state index is 6.29. The number of fused-ring (bicyclic) bond motifs is 1. The molecule has 20 heavy (non-hydrogen) atoms. The summed E-state index contributed by atoms with van der Waals surface area (Å²) >= 11 is 0. The molecular weight excluding hydrogens is 250 g/mol. The van der Waals surface area contributed by atoms with Crippen LogP contribution in [0.3, 0.4) is 0 Å². The van der Waals surface area contributed by atoms with Crippen molar-refractivity contribution < 1.29 is 4.74 Å². The molecule has 0 radical (unpaired) electrons. The molecule has 1 aliphatic rings. The number of aromatic nitrogens is 2. The fraction of sp³-hybridized carbons (Fsp3) is 0.438. The average Bonchev–Trinajstić information content (AvgIpc) is 2.81. The summed E-state index contributed by atoms with van der Waals surface area (Å²) in [6.07, 6.45) is 3.93. The van der Waals surface area contributed by atoms with E-state index >= 15 is 0 Å². The van der Waals surface area contributed by atoms with Gasteiger partial charge in [0.05, 0.1) is 19.0 Å². The molecule has 0 spiro atoms. The first-order chi connectivity index (χ1) is 9.50. The number of nitrogens with zero attached hydrogens (tertiary/aromatic N) is 2. The van der Waals surface area contributed by atoms with E-state index < -0.39 is 0 Å². The van der Waals surface area contributed by atoms with E-state index in [9.17, 15) is 0 Å². The van der Waals surface area contributed by atoms with Crippen LogP contribution in [0.25, 0.3) is 5.69 Å². The Morgan fingerprint density at radius 3 is 2.65 bits per heavy atom. The second kappa shape index (κ2) is 4.63. The van der Waals surface area contributed by atoms with Crippen molar-refractivity contribution in [2.45, 2.75) is 32.7 Å². The lowest BCUT2D eigenvalue weighted by Crippen LogP contribution is -2.30. The van der Waals surface area contributed by atoms with Crippen molar-refractivity contribution in [3.8, 4) is 11.4 Å². The molecule has 4 nitrogen and oxygen atoms in total. The highest BCUT2D eigenvalue weighted by Crippen LogP contribution is 2.40. The van der Waals surface area contributed by atoms with Crippen molar-refractivity contribution >= 4 is 0 Å². The van der Waals surface area contributed by atoms with Gasteiger partial charge in [-0.1, -0.05) is 13.8 Å². The van der Waals surface area contributed by atoms with Crippen molar-refractivity contribution in [1.82, 2.24) is 9.78 Å². The summed E-state index contributed by atoms with van der Waals surface area (Å²) < 4.78 is 7.21. The highest BCUT2D eigenvalue weighted by atomic mass is 16.5. The lowest BCUT2D eigenvalue weighted by molar-refractivity contribution is 0.278. The predicted octanol–water partition coefficient (Wildman–Crippen LogP) is 2.85. The molecule has 0 fully saturated rings. The van der Waals surface area contributed by atoms with Crippen LogP contribution in [-0.2, 0) is 6.42 Å². The molecule has 2 N–H and O–H groups in total. The van der Waals surface area contributed by atoms with Gasteiger partial charge in [-0.3, -0.25) is 0 Å². The first-order valence-corrected chi connectivity index (χ1v) is 6.97. The Balaban J connectivity index is 2.03. The van der Waals surface area contributed by atoms with Crippen LogP contribution in [0.2, 0.25) is 0 Å². The second-order valence-electron chi connectivity index (χ2n) is 6.31. The Morgan fingerprint density at radius 1 is 1.30 bits per heavy atom. The monoisotopic (exact) mass is 271 g/mol. The number of hydrogen-bond donors (Lipinski definition) is 1. The van der Waals surface area contributed by atoms with Gasteiger partial charge >= 0.3 is 0 Å². The standard InChI is InChI=1S/C16H21N3O/c1-16(2)8-14(17)13-10-18-19(15(13)9-16)11-4-6-12(20-3)7-5-11/h4-7,10,14H,8-9,17H2,1-3H3/t14-/m0/s1. The molecule has 0 amide bonds. The molecule has 4 heteroatoms. The number of hydrogen-bond acceptors (Lipinski definition) is 3. The lowest BCUT2D eigenvalue weighted by Gasteiger charge is -2.33. The van der Waals surface area contributed by atoms with Crippen LogP contribution in [0.5, 0.6) is 5.75 Å². The zero-order chi connectivity index (χ0) is 14.3. The van der Waals surface area contributed by atoms with E-state index in [2.05, 4.69) is 18.9 Å². The normalized spacial score (nSPS) is 20.5. The molecule has 0 saturated carbocycles. The number of nitrogens with two attached hydrogens (primary N) is 1. The third-order valence-corrected chi connectivity index (χ3v) is 4.04. The molecule has 1 aromatic heterocycles. The Hall–Kier alpha value is -1.81. The van der Waals surface area contributed by atoms with Gasteiger partial charge in [-0.05, 0) is 42.5 Å². The van der Waals surface area contributed by atoms with E-state index in [0.29, 0.717) is 0 Å². The van der Waals surface area contributed by atoms with Gasteiger partial charge in [-0.2, -0.15) is 5.10 Å². The van der Waals surface area contributed by atoms with Gasteiger partial charge in [0, 0.05) is 17.3 Å². The number of methoxy groups -OCH3 is 1. The van der Waals surface area contributed by atoms with Crippen molar-refractivity contribution in [3.63, 3.8) is 0 Å². The maximum atomic E-state index is 6.29. The molecule has 0 bridgehead atoms. The molecule has 0 aliphatic heterocycles. The fourth-order valence-electron chi connectivity index (χ4n) is 3.05. The Labute approximate surface area is 119 Å². The van der Waals surface area contributed by atoms with Crippen LogP contribution in [0.4, 0.5) is 0 Å². The van der Waals surface area contributed by atoms with Crippen molar-refractivity contribution in [1.29, 1.82) is 0 Å². The molecule has 1 atom stereocenters. The Kier molecular flexibility index (Phi) is 3.05. The van der Waals surface area contributed by atoms with Crippen LogP contribution >= 0.6 is 0 Å². The third kappa shape index (κ3) is 2.20. The molecule has 1 aromatic carbocycles. The van der Waals surface area contributed by atoms with Crippen LogP contribution < -0.4 is 10.5 Å². The van der Waals surface area contributed by atoms with Gasteiger partial charge in [0.2, 0.25) is 0 Å². The summed E-state index contributed by atoms with van der Waals surface area (Å²) in [5.41, 5.74) is 9.97. The van der Waals surface area contributed by atoms with Crippen LogP contribution in [0.15, 0.2) is 30.5 Å². The lowest BCUT2D eigenvalue weighted by atomic mass is 9.74. The highest BCUT2D eigenvalue weighted by Gasteiger charge is 2.33. The van der Waals surface area contributed by atoms with Gasteiger partial charge in [0.1, 0.15) is 5.75 Å². The van der Waals surface area contributed by atoms with Crippen molar-refractivity contribution in [3.05, 3.63) is 41.7 Å². The Bertz CT molecular complexity index is 613. The SMILES string of the molecule is COc1ccc(-n2ncc3c2CC(C)(C)C[C@@H]3N)cc1. The molecule has 2 aromatic rings. The molecule has 106 valence electrons. The topological polar surface area (TPSA) is 53.1 Å². The van der Waals surface area contributed by atoms with E-state index in [1.807, 2.05) is 35.1 Å². The first-order valence-electron chi connectivity index (χ1n) is 6.97. The van der Waals surface area contributed by atoms with Gasteiger partial charge < -0.3 is 10.5 Å². The molecule has 1 heterocycles. The molecular formula is C16H21N3O. The minimum absolute atomic E-state index is 0.0840. The summed E-state index contributed by atoms with van der Waals surface area (Å²) in [5, 5.41) is 4.54. The summed E-state index contributed by atoms with van der Waals surface area (Å²) in [6.45, 7) is 4.53. The zero-order valence-electron chi connectivity index (χ0n) is 12.3. The minimum Gasteiger partial charge on any atom is -0.497 e. The summed E-state index contributed by atoms with van der Waals surface area (Å²) in [5.74, 6) is 0.854. The molecule has 3 rings (SSSR count). The Morgan fingerprint density at radius 2 is 2.00 bits per heavy atom. The van der Waals surface area contributed by atoms with Gasteiger partial charge in [0.25, 0.3) is 0 Å². The first kappa shape index (κ1) is 13.2. The van der Waals surface area contributed by atoms with E-state index in [4.69, 9.17) is 10.5 Å². The van der Waals surface area contributed by atoms with Crippen LogP contribution in [0.1, 0.15) is 37.6 Å². The fourth-order valence-corrected chi connectivity index (χ4v) is 3.05. The number of ether oxygens (including phenoxy) is 1. The number of rotatable bonds is 2. The summed E-state index contributed by atoms with van der Waals surface area (Å²) in [6, 6.07) is 8.05. The third-order valence-electron chi connectivity index (χ3n) is 4.04. The van der Waals surface area contributed by atoms with Gasteiger partial charge in [-0.25, -0.2) is 4.68 Å². The zero-order valence-corrected chi connectivity index (χ0v) is 12.3. The minimum atomic E-state index is 0.0840. The smallest absolute Gasteiger partial charge is 0.119 e. The van der Waals surface area contributed by atoms with E-state index in [-0.39, 0.29) is 11.5 Å². The van der Waals surface area contributed by atoms with Crippen molar-refractivity contribution in [2.24, 2.45) is 11.1 Å². The predicted molar refractivity (Wildman–Crippen MR) is 79.1 cm³/mol. The van der Waals surface area contributed by atoms with E-state index in [1.54, 1.807) is 7.11 Å². The number of benzene rings is 1. The van der Waals surface area contributed by atoms with Gasteiger partial charge in [-0.15, -0.1) is 0 Å². The van der Waals surface area contributed by atoms with E-state index in [0.717, 1.165) is 24.3 Å². The van der Waals surface area contributed by atoms with Gasteiger partial charge in [0.15, 0.2) is 0 Å². The molecule has 1 aliphatic carbocycles. The summed E-state index contributed by atoms with van der Waals surface area (Å²) in [4.78, 5) is 0. The highest BCUT2D eigenvalue weighted by molar-refractivity contribution is 5.40. The molecule has 0 unspecified atom stereocenters. The maximum Gasteiger partial charge on any atom is 0.119 e.